The maximum absolute atomic E-state index is 12.9. The van der Waals surface area contributed by atoms with E-state index in [-0.39, 0.29) is 10.6 Å². The van der Waals surface area contributed by atoms with Crippen molar-refractivity contribution >= 4 is 21.4 Å². The van der Waals surface area contributed by atoms with Crippen molar-refractivity contribution in [3.05, 3.63) is 52.5 Å². The van der Waals surface area contributed by atoms with E-state index in [1.54, 1.807) is 24.1 Å². The molecule has 146 valence electrons. The molecule has 0 aliphatic carbocycles. The normalized spacial score (nSPS) is 16.0. The first-order valence-electron chi connectivity index (χ1n) is 8.92. The van der Waals surface area contributed by atoms with Crippen LogP contribution in [0.2, 0.25) is 0 Å². The Kier molecular flexibility index (Phi) is 5.81. The molecule has 1 saturated heterocycles. The molecule has 0 spiro atoms. The predicted molar refractivity (Wildman–Crippen MR) is 101 cm³/mol. The van der Waals surface area contributed by atoms with Crippen molar-refractivity contribution < 1.29 is 17.8 Å². The van der Waals surface area contributed by atoms with Gasteiger partial charge in [-0.25, -0.2) is 8.42 Å². The smallest absolute Gasteiger partial charge is 0.293 e. The van der Waals surface area contributed by atoms with Crippen LogP contribution in [0.3, 0.4) is 0 Å². The van der Waals surface area contributed by atoms with Crippen molar-refractivity contribution in [2.45, 2.75) is 37.1 Å². The van der Waals surface area contributed by atoms with Gasteiger partial charge in [0.2, 0.25) is 10.0 Å². The van der Waals surface area contributed by atoms with E-state index in [9.17, 15) is 18.5 Å². The van der Waals surface area contributed by atoms with Crippen molar-refractivity contribution in [2.24, 2.45) is 0 Å². The summed E-state index contributed by atoms with van der Waals surface area (Å²) in [4.78, 5) is 12.7. The third kappa shape index (κ3) is 4.30. The SMILES string of the molecule is CN(Cc1ccco1)c1ccc(S(=O)(=O)N2CCCCCC2)cc1[N+](=O)[O-]. The highest BCUT2D eigenvalue weighted by Gasteiger charge is 2.28. The summed E-state index contributed by atoms with van der Waals surface area (Å²) < 4.78 is 32.6. The number of sulfonamides is 1. The number of hydrogen-bond acceptors (Lipinski definition) is 6. The Morgan fingerprint density at radius 2 is 1.89 bits per heavy atom. The van der Waals surface area contributed by atoms with Gasteiger partial charge >= 0.3 is 0 Å². The molecule has 0 atom stereocenters. The fourth-order valence-electron chi connectivity index (χ4n) is 3.29. The molecule has 0 N–H and O–H groups in total. The summed E-state index contributed by atoms with van der Waals surface area (Å²) in [6, 6.07) is 7.62. The number of anilines is 1. The summed E-state index contributed by atoms with van der Waals surface area (Å²) in [5.74, 6) is 0.660. The lowest BCUT2D eigenvalue weighted by atomic mass is 10.2. The molecule has 0 saturated carbocycles. The van der Waals surface area contributed by atoms with Crippen molar-refractivity contribution in [3.63, 3.8) is 0 Å². The minimum atomic E-state index is -3.74. The summed E-state index contributed by atoms with van der Waals surface area (Å²) in [5.41, 5.74) is 0.103. The summed E-state index contributed by atoms with van der Waals surface area (Å²) in [6.45, 7) is 1.25. The lowest BCUT2D eigenvalue weighted by Crippen LogP contribution is -2.32. The lowest BCUT2D eigenvalue weighted by molar-refractivity contribution is -0.384. The van der Waals surface area contributed by atoms with Gasteiger partial charge in [0.05, 0.1) is 22.6 Å². The van der Waals surface area contributed by atoms with Gasteiger partial charge in [0.25, 0.3) is 5.69 Å². The molecule has 1 aliphatic heterocycles. The van der Waals surface area contributed by atoms with Gasteiger partial charge in [-0.05, 0) is 37.1 Å². The summed E-state index contributed by atoms with van der Waals surface area (Å²) in [5, 5.41) is 11.6. The number of nitro benzene ring substituents is 1. The molecule has 9 heteroatoms. The molecule has 1 fully saturated rings. The molecule has 8 nitrogen and oxygen atoms in total. The Hall–Kier alpha value is -2.39. The number of furan rings is 1. The third-order valence-electron chi connectivity index (χ3n) is 4.73. The quantitative estimate of drug-likeness (QED) is 0.551. The molecule has 0 radical (unpaired) electrons. The Bertz CT molecular complexity index is 888. The highest BCUT2D eigenvalue weighted by Crippen LogP contribution is 2.32. The molecule has 1 aromatic heterocycles. The molecule has 1 aromatic carbocycles. The van der Waals surface area contributed by atoms with Crippen LogP contribution in [0.4, 0.5) is 11.4 Å². The molecule has 0 amide bonds. The van der Waals surface area contributed by atoms with E-state index < -0.39 is 14.9 Å². The number of hydrogen-bond donors (Lipinski definition) is 0. The minimum absolute atomic E-state index is 0.0359. The third-order valence-corrected chi connectivity index (χ3v) is 6.63. The van der Waals surface area contributed by atoms with Crippen LogP contribution in [0.25, 0.3) is 0 Å². The minimum Gasteiger partial charge on any atom is -0.467 e. The van der Waals surface area contributed by atoms with Crippen molar-refractivity contribution in [1.29, 1.82) is 0 Å². The van der Waals surface area contributed by atoms with E-state index in [0.717, 1.165) is 31.7 Å². The maximum Gasteiger partial charge on any atom is 0.293 e. The van der Waals surface area contributed by atoms with Crippen molar-refractivity contribution in [1.82, 2.24) is 4.31 Å². The van der Waals surface area contributed by atoms with Crippen molar-refractivity contribution in [2.75, 3.05) is 25.0 Å². The fourth-order valence-corrected chi connectivity index (χ4v) is 4.82. The van der Waals surface area contributed by atoms with Gasteiger partial charge in [-0.3, -0.25) is 10.1 Å². The average Bonchev–Trinajstić information content (AvgIpc) is 2.99. The van der Waals surface area contributed by atoms with Crippen LogP contribution < -0.4 is 4.90 Å². The summed E-state index contributed by atoms with van der Waals surface area (Å²) >= 11 is 0. The van der Waals surface area contributed by atoms with Gasteiger partial charge < -0.3 is 9.32 Å². The second-order valence-electron chi connectivity index (χ2n) is 6.66. The first-order valence-corrected chi connectivity index (χ1v) is 10.4. The van der Waals surface area contributed by atoms with Crippen LogP contribution in [0.15, 0.2) is 45.9 Å². The monoisotopic (exact) mass is 393 g/mol. The predicted octanol–water partition coefficient (Wildman–Crippen LogP) is 3.39. The van der Waals surface area contributed by atoms with E-state index in [1.165, 1.54) is 22.7 Å². The van der Waals surface area contributed by atoms with Crippen molar-refractivity contribution in [3.8, 4) is 0 Å². The highest BCUT2D eigenvalue weighted by molar-refractivity contribution is 7.89. The van der Waals surface area contributed by atoms with E-state index >= 15 is 0 Å². The maximum atomic E-state index is 12.9. The van der Waals surface area contributed by atoms with Crippen LogP contribution in [0, 0.1) is 10.1 Å². The van der Waals surface area contributed by atoms with Crippen LogP contribution >= 0.6 is 0 Å². The largest absolute Gasteiger partial charge is 0.467 e. The van der Waals surface area contributed by atoms with Crippen LogP contribution in [0.5, 0.6) is 0 Å². The second kappa shape index (κ2) is 8.10. The molecular weight excluding hydrogens is 370 g/mol. The van der Waals surface area contributed by atoms with E-state index in [0.29, 0.717) is 31.1 Å². The fraction of sp³-hybridized carbons (Fsp3) is 0.444. The molecule has 27 heavy (non-hydrogen) atoms. The average molecular weight is 393 g/mol. The van der Waals surface area contributed by atoms with Crippen LogP contribution in [-0.4, -0.2) is 37.8 Å². The number of nitrogens with zero attached hydrogens (tertiary/aromatic N) is 3. The zero-order valence-corrected chi connectivity index (χ0v) is 16.0. The number of nitro groups is 1. The molecular formula is C18H23N3O5S. The van der Waals surface area contributed by atoms with Gasteiger partial charge in [-0.1, -0.05) is 12.8 Å². The number of rotatable bonds is 6. The topological polar surface area (TPSA) is 96.9 Å². The Labute approximate surface area is 158 Å². The molecule has 0 unspecified atom stereocenters. The molecule has 3 rings (SSSR count). The Balaban J connectivity index is 1.92. The van der Waals surface area contributed by atoms with E-state index in [4.69, 9.17) is 4.42 Å². The number of benzene rings is 1. The van der Waals surface area contributed by atoms with Gasteiger partial charge in [0, 0.05) is 26.2 Å². The van der Waals surface area contributed by atoms with Crippen LogP contribution in [0.1, 0.15) is 31.4 Å². The summed E-state index contributed by atoms with van der Waals surface area (Å²) in [6.07, 6.45) is 5.16. The second-order valence-corrected chi connectivity index (χ2v) is 8.60. The molecule has 2 aromatic rings. The molecule has 2 heterocycles. The highest BCUT2D eigenvalue weighted by atomic mass is 32.2. The Morgan fingerprint density at radius 3 is 2.48 bits per heavy atom. The first kappa shape index (κ1) is 19.4. The molecule has 0 bridgehead atoms. The van der Waals surface area contributed by atoms with Gasteiger partial charge in [0.15, 0.2) is 0 Å². The van der Waals surface area contributed by atoms with Gasteiger partial charge in [0.1, 0.15) is 11.4 Å². The molecule has 1 aliphatic rings. The van der Waals surface area contributed by atoms with E-state index in [2.05, 4.69) is 0 Å². The zero-order chi connectivity index (χ0) is 19.4. The summed E-state index contributed by atoms with van der Waals surface area (Å²) in [7, 11) is -2.04. The lowest BCUT2D eigenvalue weighted by Gasteiger charge is -2.21. The first-order chi connectivity index (χ1) is 12.9. The Morgan fingerprint density at radius 1 is 1.19 bits per heavy atom. The van der Waals surface area contributed by atoms with Gasteiger partial charge in [-0.15, -0.1) is 0 Å². The van der Waals surface area contributed by atoms with Gasteiger partial charge in [-0.2, -0.15) is 4.31 Å². The zero-order valence-electron chi connectivity index (χ0n) is 15.2. The van der Waals surface area contributed by atoms with Crippen LogP contribution in [-0.2, 0) is 16.6 Å². The standard InChI is InChI=1S/C18H23N3O5S/c1-19(14-15-7-6-12-26-15)17-9-8-16(13-18(17)21(22)23)27(24,25)20-10-4-2-3-5-11-20/h6-9,12-13H,2-5,10-11,14H2,1H3. The van der Waals surface area contributed by atoms with E-state index in [1.807, 2.05) is 0 Å².